The van der Waals surface area contributed by atoms with Gasteiger partial charge in [0.15, 0.2) is 0 Å². The highest BCUT2D eigenvalue weighted by atomic mass is 16.5. The van der Waals surface area contributed by atoms with Gasteiger partial charge in [0.25, 0.3) is 0 Å². The molecule has 1 aliphatic carbocycles. The fourth-order valence-corrected chi connectivity index (χ4v) is 2.78. The Labute approximate surface area is 116 Å². The highest BCUT2D eigenvalue weighted by Gasteiger charge is 2.30. The van der Waals surface area contributed by atoms with E-state index in [1.54, 1.807) is 0 Å². The number of aliphatic hydroxyl groups is 1. The van der Waals surface area contributed by atoms with Crippen LogP contribution in [0.15, 0.2) is 24.3 Å². The molecule has 0 bridgehead atoms. The zero-order valence-corrected chi connectivity index (χ0v) is 12.2. The Kier molecular flexibility index (Phi) is 4.97. The number of likely N-dealkylation sites (N-methyl/N-ethyl adjacent to an activating group) is 1. The Bertz CT molecular complexity index is 405. The number of fused-ring (bicyclic) bond motifs is 1. The monoisotopic (exact) mass is 263 g/mol. The van der Waals surface area contributed by atoms with Crippen molar-refractivity contribution in [2.24, 2.45) is 0 Å². The Morgan fingerprint density at radius 3 is 2.84 bits per heavy atom. The van der Waals surface area contributed by atoms with Crippen LogP contribution in [0.1, 0.15) is 37.5 Å². The van der Waals surface area contributed by atoms with Crippen LogP contribution in [-0.2, 0) is 11.2 Å². The molecule has 0 amide bonds. The molecule has 1 N–H and O–H groups in total. The average Bonchev–Trinajstić information content (AvgIpc) is 2.39. The predicted octanol–water partition coefficient (Wildman–Crippen LogP) is 2.39. The molecule has 2 atom stereocenters. The van der Waals surface area contributed by atoms with Crippen LogP contribution >= 0.6 is 0 Å². The van der Waals surface area contributed by atoms with Gasteiger partial charge in [0, 0.05) is 12.6 Å². The SMILES string of the molecule is CC(C)OCCN(C)C1CCc2ccccc2C1O. The minimum absolute atomic E-state index is 0.200. The van der Waals surface area contributed by atoms with E-state index in [0.717, 1.165) is 31.6 Å². The Morgan fingerprint density at radius 2 is 2.11 bits per heavy atom. The highest BCUT2D eigenvalue weighted by Crippen LogP contribution is 2.32. The molecule has 0 heterocycles. The quantitative estimate of drug-likeness (QED) is 0.885. The lowest BCUT2D eigenvalue weighted by molar-refractivity contribution is 0.0169. The molecule has 19 heavy (non-hydrogen) atoms. The number of nitrogens with zero attached hydrogens (tertiary/aromatic N) is 1. The Hall–Kier alpha value is -0.900. The molecule has 1 aromatic carbocycles. The minimum atomic E-state index is -0.381. The summed E-state index contributed by atoms with van der Waals surface area (Å²) in [5, 5.41) is 10.5. The van der Waals surface area contributed by atoms with Gasteiger partial charge >= 0.3 is 0 Å². The molecule has 1 aromatic rings. The number of benzene rings is 1. The summed E-state index contributed by atoms with van der Waals surface area (Å²) >= 11 is 0. The zero-order chi connectivity index (χ0) is 13.8. The first-order chi connectivity index (χ1) is 9.09. The number of hydrogen-bond acceptors (Lipinski definition) is 3. The van der Waals surface area contributed by atoms with Gasteiger partial charge in [0.1, 0.15) is 0 Å². The maximum absolute atomic E-state index is 10.5. The summed E-state index contributed by atoms with van der Waals surface area (Å²) in [6, 6.07) is 8.42. The minimum Gasteiger partial charge on any atom is -0.387 e. The van der Waals surface area contributed by atoms with Crippen LogP contribution in [0.3, 0.4) is 0 Å². The van der Waals surface area contributed by atoms with Crippen LogP contribution in [0, 0.1) is 0 Å². The molecule has 1 aliphatic rings. The second kappa shape index (κ2) is 6.51. The summed E-state index contributed by atoms with van der Waals surface area (Å²) < 4.78 is 5.58. The topological polar surface area (TPSA) is 32.7 Å². The zero-order valence-electron chi connectivity index (χ0n) is 12.2. The molecule has 2 unspecified atom stereocenters. The second-order valence-corrected chi connectivity index (χ2v) is 5.65. The van der Waals surface area contributed by atoms with Crippen molar-refractivity contribution in [2.75, 3.05) is 20.2 Å². The van der Waals surface area contributed by atoms with Crippen molar-refractivity contribution in [2.45, 2.75) is 44.9 Å². The lowest BCUT2D eigenvalue weighted by atomic mass is 9.85. The first-order valence-electron chi connectivity index (χ1n) is 7.17. The molecule has 0 spiro atoms. The van der Waals surface area contributed by atoms with E-state index in [-0.39, 0.29) is 18.2 Å². The van der Waals surface area contributed by atoms with Crippen molar-refractivity contribution >= 4 is 0 Å². The maximum atomic E-state index is 10.5. The van der Waals surface area contributed by atoms with Crippen LogP contribution in [0.2, 0.25) is 0 Å². The Morgan fingerprint density at radius 1 is 1.37 bits per heavy atom. The molecule has 0 saturated carbocycles. The van der Waals surface area contributed by atoms with Gasteiger partial charge in [-0.25, -0.2) is 0 Å². The number of aryl methyl sites for hydroxylation is 1. The number of aliphatic hydroxyl groups excluding tert-OH is 1. The van der Waals surface area contributed by atoms with Crippen molar-refractivity contribution in [1.82, 2.24) is 4.90 Å². The van der Waals surface area contributed by atoms with Crippen LogP contribution in [0.4, 0.5) is 0 Å². The van der Waals surface area contributed by atoms with E-state index in [1.165, 1.54) is 5.56 Å². The second-order valence-electron chi connectivity index (χ2n) is 5.65. The summed E-state index contributed by atoms with van der Waals surface area (Å²) in [7, 11) is 2.07. The standard InChI is InChI=1S/C16H25NO2/c1-12(2)19-11-10-17(3)15-9-8-13-6-4-5-7-14(13)16(15)18/h4-7,12,15-16,18H,8-11H2,1-3H3. The number of ether oxygens (including phenoxy) is 1. The van der Waals surface area contributed by atoms with E-state index in [9.17, 15) is 5.11 Å². The molecule has 0 radical (unpaired) electrons. The van der Waals surface area contributed by atoms with Gasteiger partial charge in [-0.15, -0.1) is 0 Å². The van der Waals surface area contributed by atoms with Crippen LogP contribution in [-0.4, -0.2) is 42.4 Å². The third-order valence-corrected chi connectivity index (χ3v) is 3.91. The third kappa shape index (κ3) is 3.56. The molecular weight excluding hydrogens is 238 g/mol. The fraction of sp³-hybridized carbons (Fsp3) is 0.625. The van der Waals surface area contributed by atoms with Crippen molar-refractivity contribution in [1.29, 1.82) is 0 Å². The van der Waals surface area contributed by atoms with Gasteiger partial charge in [0.05, 0.1) is 18.8 Å². The summed E-state index contributed by atoms with van der Waals surface area (Å²) in [5.74, 6) is 0. The van der Waals surface area contributed by atoms with Gasteiger partial charge in [-0.1, -0.05) is 24.3 Å². The molecule has 0 aromatic heterocycles. The molecule has 0 aliphatic heterocycles. The van der Waals surface area contributed by atoms with Gasteiger partial charge in [0.2, 0.25) is 0 Å². The largest absolute Gasteiger partial charge is 0.387 e. The summed E-state index contributed by atoms with van der Waals surface area (Å²) in [4.78, 5) is 2.23. The molecule has 0 fully saturated rings. The van der Waals surface area contributed by atoms with E-state index in [0.29, 0.717) is 0 Å². The molecule has 3 nitrogen and oxygen atoms in total. The van der Waals surface area contributed by atoms with Crippen molar-refractivity contribution in [3.8, 4) is 0 Å². The van der Waals surface area contributed by atoms with E-state index in [2.05, 4.69) is 18.0 Å². The van der Waals surface area contributed by atoms with E-state index in [1.807, 2.05) is 32.0 Å². The summed E-state index contributed by atoms with van der Waals surface area (Å²) in [6.45, 7) is 5.68. The fourth-order valence-electron chi connectivity index (χ4n) is 2.78. The highest BCUT2D eigenvalue weighted by molar-refractivity contribution is 5.32. The first-order valence-corrected chi connectivity index (χ1v) is 7.17. The van der Waals surface area contributed by atoms with Crippen LogP contribution < -0.4 is 0 Å². The summed E-state index contributed by atoms with van der Waals surface area (Å²) in [5.41, 5.74) is 2.38. The van der Waals surface area contributed by atoms with E-state index in [4.69, 9.17) is 4.74 Å². The van der Waals surface area contributed by atoms with Crippen LogP contribution in [0.25, 0.3) is 0 Å². The Balaban J connectivity index is 1.95. The smallest absolute Gasteiger partial charge is 0.0947 e. The average molecular weight is 263 g/mol. The number of rotatable bonds is 5. The van der Waals surface area contributed by atoms with Gasteiger partial charge in [-0.05, 0) is 44.9 Å². The summed E-state index contributed by atoms with van der Waals surface area (Å²) in [6.07, 6.45) is 1.95. The van der Waals surface area contributed by atoms with E-state index < -0.39 is 0 Å². The van der Waals surface area contributed by atoms with Crippen molar-refractivity contribution in [3.05, 3.63) is 35.4 Å². The molecule has 3 heteroatoms. The lowest BCUT2D eigenvalue weighted by Crippen LogP contribution is -2.41. The van der Waals surface area contributed by atoms with Crippen molar-refractivity contribution in [3.63, 3.8) is 0 Å². The van der Waals surface area contributed by atoms with Crippen LogP contribution in [0.5, 0.6) is 0 Å². The maximum Gasteiger partial charge on any atom is 0.0947 e. The van der Waals surface area contributed by atoms with E-state index >= 15 is 0 Å². The third-order valence-electron chi connectivity index (χ3n) is 3.91. The van der Waals surface area contributed by atoms with Gasteiger partial charge in [-0.3, -0.25) is 4.90 Å². The van der Waals surface area contributed by atoms with Gasteiger partial charge in [-0.2, -0.15) is 0 Å². The van der Waals surface area contributed by atoms with Crippen molar-refractivity contribution < 1.29 is 9.84 Å². The molecule has 106 valence electrons. The molecule has 0 saturated heterocycles. The predicted molar refractivity (Wildman–Crippen MR) is 77.2 cm³/mol. The normalized spacial score (nSPS) is 22.8. The lowest BCUT2D eigenvalue weighted by Gasteiger charge is -2.36. The molecular formula is C16H25NO2. The number of hydrogen-bond donors (Lipinski definition) is 1. The van der Waals surface area contributed by atoms with Gasteiger partial charge < -0.3 is 9.84 Å². The molecule has 2 rings (SSSR count). The first kappa shape index (κ1) is 14.5.